The van der Waals surface area contributed by atoms with Crippen molar-refractivity contribution in [2.45, 2.75) is 0 Å². The molecule has 0 fully saturated rings. The summed E-state index contributed by atoms with van der Waals surface area (Å²) in [7, 11) is 1.84. The van der Waals surface area contributed by atoms with Crippen molar-refractivity contribution in [2.75, 3.05) is 5.73 Å². The Balaban J connectivity index is 2.14. The zero-order valence-corrected chi connectivity index (χ0v) is 10.7. The van der Waals surface area contributed by atoms with Crippen LogP contribution >= 0.6 is 0 Å². The van der Waals surface area contributed by atoms with Crippen molar-refractivity contribution in [1.29, 1.82) is 0 Å². The topological polar surface area (TPSA) is 86.9 Å². The molecule has 4 aromatic rings. The monoisotopic (exact) mass is 265 g/mol. The third-order valence-electron chi connectivity index (χ3n) is 3.30. The summed E-state index contributed by atoms with van der Waals surface area (Å²) in [5.41, 5.74) is 9.08. The number of aryl methyl sites for hydroxylation is 1. The molecule has 0 spiro atoms. The molecular weight excluding hydrogens is 254 g/mol. The lowest BCUT2D eigenvalue weighted by Crippen LogP contribution is -2.02. The van der Waals surface area contributed by atoms with Gasteiger partial charge >= 0.3 is 0 Å². The lowest BCUT2D eigenvalue weighted by molar-refractivity contribution is 0.753. The molecule has 0 radical (unpaired) electrons. The third kappa shape index (κ3) is 1.34. The van der Waals surface area contributed by atoms with E-state index >= 15 is 0 Å². The highest BCUT2D eigenvalue weighted by Crippen LogP contribution is 2.25. The van der Waals surface area contributed by atoms with Gasteiger partial charge in [-0.15, -0.1) is 5.10 Å². The summed E-state index contributed by atoms with van der Waals surface area (Å²) in [6.07, 6.45) is 1.68. The summed E-state index contributed by atoms with van der Waals surface area (Å²) < 4.78 is 3.38. The molecule has 0 saturated carbocycles. The molecule has 0 unspecified atom stereocenters. The van der Waals surface area contributed by atoms with Gasteiger partial charge in [0, 0.05) is 12.6 Å². The molecule has 0 bridgehead atoms. The van der Waals surface area contributed by atoms with Gasteiger partial charge in [0.2, 0.25) is 0 Å². The molecule has 0 atom stereocenters. The van der Waals surface area contributed by atoms with Gasteiger partial charge in [0.1, 0.15) is 11.5 Å². The molecule has 3 aromatic heterocycles. The Labute approximate surface area is 113 Å². The smallest absolute Gasteiger partial charge is 0.188 e. The minimum Gasteiger partial charge on any atom is -0.383 e. The largest absolute Gasteiger partial charge is 0.383 e. The standard InChI is InChI=1S/C13H11N7/c1-19-13-9(7-15-19)11(14)16-12-10(17-18-20(12)13)8-5-3-2-4-6-8/h2-7H,1H3,(H2,14,16). The Bertz CT molecular complexity index is 920. The molecular formula is C13H11N7. The molecule has 0 aliphatic rings. The van der Waals surface area contributed by atoms with E-state index in [1.807, 2.05) is 37.4 Å². The first-order valence-corrected chi connectivity index (χ1v) is 6.14. The van der Waals surface area contributed by atoms with Crippen LogP contribution < -0.4 is 5.73 Å². The van der Waals surface area contributed by atoms with Crippen LogP contribution in [0.15, 0.2) is 36.5 Å². The van der Waals surface area contributed by atoms with E-state index in [2.05, 4.69) is 20.4 Å². The average molecular weight is 265 g/mol. The highest BCUT2D eigenvalue weighted by Gasteiger charge is 2.16. The van der Waals surface area contributed by atoms with Crippen molar-refractivity contribution in [3.63, 3.8) is 0 Å². The Kier molecular flexibility index (Phi) is 2.06. The van der Waals surface area contributed by atoms with Crippen LogP contribution in [-0.4, -0.2) is 29.6 Å². The highest BCUT2D eigenvalue weighted by molar-refractivity contribution is 5.89. The summed E-state index contributed by atoms with van der Waals surface area (Å²) in [5, 5.41) is 13.4. The van der Waals surface area contributed by atoms with Crippen molar-refractivity contribution < 1.29 is 0 Å². The third-order valence-corrected chi connectivity index (χ3v) is 3.30. The molecule has 4 rings (SSSR count). The molecule has 20 heavy (non-hydrogen) atoms. The summed E-state index contributed by atoms with van der Waals surface area (Å²) in [6, 6.07) is 9.79. The molecule has 3 heterocycles. The molecule has 98 valence electrons. The van der Waals surface area contributed by atoms with Crippen molar-refractivity contribution in [3.05, 3.63) is 36.5 Å². The van der Waals surface area contributed by atoms with E-state index in [1.165, 1.54) is 0 Å². The van der Waals surface area contributed by atoms with Gasteiger partial charge in [-0.05, 0) is 0 Å². The second kappa shape index (κ2) is 3.77. The molecule has 7 nitrogen and oxygen atoms in total. The fourth-order valence-corrected chi connectivity index (χ4v) is 2.34. The second-order valence-electron chi connectivity index (χ2n) is 4.54. The Hall–Kier alpha value is -2.96. The van der Waals surface area contributed by atoms with E-state index in [0.29, 0.717) is 17.2 Å². The second-order valence-corrected chi connectivity index (χ2v) is 4.54. The van der Waals surface area contributed by atoms with Gasteiger partial charge < -0.3 is 5.73 Å². The fourth-order valence-electron chi connectivity index (χ4n) is 2.34. The molecule has 7 heteroatoms. The summed E-state index contributed by atoms with van der Waals surface area (Å²) in [5.74, 6) is 0.431. The van der Waals surface area contributed by atoms with E-state index in [-0.39, 0.29) is 0 Å². The number of nitrogens with zero attached hydrogens (tertiary/aromatic N) is 6. The zero-order chi connectivity index (χ0) is 13.7. The molecule has 2 N–H and O–H groups in total. The number of nitrogen functional groups attached to an aromatic ring is 1. The molecule has 0 aliphatic carbocycles. The first-order chi connectivity index (χ1) is 9.75. The Morgan fingerprint density at radius 3 is 2.75 bits per heavy atom. The lowest BCUT2D eigenvalue weighted by atomic mass is 10.1. The zero-order valence-electron chi connectivity index (χ0n) is 10.7. The molecule has 0 aliphatic heterocycles. The number of hydrogen-bond acceptors (Lipinski definition) is 5. The van der Waals surface area contributed by atoms with E-state index < -0.39 is 0 Å². The summed E-state index contributed by atoms with van der Waals surface area (Å²) in [6.45, 7) is 0. The Morgan fingerprint density at radius 1 is 1.15 bits per heavy atom. The van der Waals surface area contributed by atoms with E-state index in [0.717, 1.165) is 16.6 Å². The number of benzene rings is 1. The predicted octanol–water partition coefficient (Wildman–Crippen LogP) is 1.26. The number of anilines is 1. The van der Waals surface area contributed by atoms with Crippen LogP contribution in [0.3, 0.4) is 0 Å². The molecule has 0 amide bonds. The first kappa shape index (κ1) is 10.9. The van der Waals surface area contributed by atoms with E-state index in [9.17, 15) is 0 Å². The number of hydrogen-bond donors (Lipinski definition) is 1. The Morgan fingerprint density at radius 2 is 1.95 bits per heavy atom. The van der Waals surface area contributed by atoms with Crippen LogP contribution in [-0.2, 0) is 7.05 Å². The van der Waals surface area contributed by atoms with Crippen LogP contribution in [0, 0.1) is 0 Å². The normalized spacial score (nSPS) is 11.4. The van der Waals surface area contributed by atoms with Crippen LogP contribution in [0.25, 0.3) is 27.9 Å². The number of rotatable bonds is 1. The van der Waals surface area contributed by atoms with Crippen molar-refractivity contribution in [2.24, 2.45) is 7.05 Å². The summed E-state index contributed by atoms with van der Waals surface area (Å²) in [4.78, 5) is 4.42. The molecule has 1 aromatic carbocycles. The van der Waals surface area contributed by atoms with Gasteiger partial charge in [-0.3, -0.25) is 4.68 Å². The average Bonchev–Trinajstić information content (AvgIpc) is 3.04. The van der Waals surface area contributed by atoms with Gasteiger partial charge in [-0.2, -0.15) is 9.61 Å². The van der Waals surface area contributed by atoms with Crippen LogP contribution in [0.4, 0.5) is 5.82 Å². The fraction of sp³-hybridized carbons (Fsp3) is 0.0769. The first-order valence-electron chi connectivity index (χ1n) is 6.14. The minimum absolute atomic E-state index is 0.431. The maximum absolute atomic E-state index is 6.01. The number of nitrogens with two attached hydrogens (primary N) is 1. The lowest BCUT2D eigenvalue weighted by Gasteiger charge is -2.01. The van der Waals surface area contributed by atoms with Gasteiger partial charge in [-0.1, -0.05) is 35.5 Å². The van der Waals surface area contributed by atoms with Gasteiger partial charge in [0.15, 0.2) is 11.3 Å². The van der Waals surface area contributed by atoms with Gasteiger partial charge in [-0.25, -0.2) is 4.98 Å². The maximum atomic E-state index is 6.01. The van der Waals surface area contributed by atoms with Crippen LogP contribution in [0.5, 0.6) is 0 Å². The quantitative estimate of drug-likeness (QED) is 0.560. The maximum Gasteiger partial charge on any atom is 0.188 e. The van der Waals surface area contributed by atoms with Crippen molar-refractivity contribution in [3.8, 4) is 11.3 Å². The minimum atomic E-state index is 0.431. The summed E-state index contributed by atoms with van der Waals surface area (Å²) >= 11 is 0. The van der Waals surface area contributed by atoms with E-state index in [4.69, 9.17) is 5.73 Å². The van der Waals surface area contributed by atoms with Crippen LogP contribution in [0.1, 0.15) is 0 Å². The van der Waals surface area contributed by atoms with Gasteiger partial charge in [0.05, 0.1) is 11.6 Å². The number of aromatic nitrogens is 6. The SMILES string of the molecule is Cn1ncc2c(N)nc3c(-c4ccccc4)nnn3c21. The van der Waals surface area contributed by atoms with Gasteiger partial charge in [0.25, 0.3) is 0 Å². The van der Waals surface area contributed by atoms with Crippen LogP contribution in [0.2, 0.25) is 0 Å². The predicted molar refractivity (Wildman–Crippen MR) is 74.9 cm³/mol. The molecule has 0 saturated heterocycles. The van der Waals surface area contributed by atoms with Crippen molar-refractivity contribution >= 4 is 22.5 Å². The van der Waals surface area contributed by atoms with Crippen molar-refractivity contribution in [1.82, 2.24) is 29.6 Å². The highest BCUT2D eigenvalue weighted by atomic mass is 15.5. The number of fused-ring (bicyclic) bond motifs is 3. The van der Waals surface area contributed by atoms with E-state index in [1.54, 1.807) is 15.4 Å².